The number of hydrogen-bond acceptors (Lipinski definition) is 2. The van der Waals surface area contributed by atoms with Gasteiger partial charge in [0.25, 0.3) is 0 Å². The third kappa shape index (κ3) is 3.62. The molecule has 0 aliphatic rings. The van der Waals surface area contributed by atoms with Crippen LogP contribution in [0.2, 0.25) is 0 Å². The van der Waals surface area contributed by atoms with E-state index in [0.717, 1.165) is 12.0 Å². The van der Waals surface area contributed by atoms with Crippen LogP contribution in [0.25, 0.3) is 0 Å². The zero-order valence-electron chi connectivity index (χ0n) is 10.4. The molecule has 15 heavy (non-hydrogen) atoms. The van der Waals surface area contributed by atoms with Gasteiger partial charge in [0.05, 0.1) is 6.10 Å². The molecule has 2 atom stereocenters. The minimum atomic E-state index is -0.302. The van der Waals surface area contributed by atoms with Gasteiger partial charge in [0.15, 0.2) is 0 Å². The highest BCUT2D eigenvalue weighted by Gasteiger charge is 2.23. The Morgan fingerprint density at radius 1 is 1.40 bits per heavy atom. The van der Waals surface area contributed by atoms with E-state index in [2.05, 4.69) is 46.1 Å². The largest absolute Gasteiger partial charge is 0.388 e. The molecule has 0 aliphatic carbocycles. The Bertz CT molecular complexity index is 309. The smallest absolute Gasteiger partial charge is 0.0800 e. The summed E-state index contributed by atoms with van der Waals surface area (Å²) in [5.74, 6) is 0.521. The Morgan fingerprint density at radius 2 is 2.00 bits per heavy atom. The lowest BCUT2D eigenvalue weighted by atomic mass is 9.78. The number of aliphatic hydroxyl groups excluding tert-OH is 1. The quantitative estimate of drug-likeness (QED) is 0.820. The molecule has 2 unspecified atom stereocenters. The van der Waals surface area contributed by atoms with Crippen molar-refractivity contribution < 1.29 is 5.11 Å². The predicted molar refractivity (Wildman–Crippen MR) is 67.3 cm³/mol. The normalized spacial score (nSPS) is 16.4. The summed E-state index contributed by atoms with van der Waals surface area (Å²) in [5, 5.41) is 12.1. The summed E-state index contributed by atoms with van der Waals surface area (Å²) in [7, 11) is 0. The molecular weight excluding hydrogens is 204 g/mol. The van der Waals surface area contributed by atoms with Crippen LogP contribution < -0.4 is 0 Å². The maximum Gasteiger partial charge on any atom is 0.0800 e. The zero-order valence-corrected chi connectivity index (χ0v) is 11.2. The van der Waals surface area contributed by atoms with Crippen molar-refractivity contribution in [1.29, 1.82) is 0 Å². The number of aryl methyl sites for hydroxylation is 1. The van der Waals surface area contributed by atoms with Gasteiger partial charge in [0.2, 0.25) is 0 Å². The van der Waals surface area contributed by atoms with Crippen LogP contribution in [0.15, 0.2) is 11.4 Å². The lowest BCUT2D eigenvalue weighted by Gasteiger charge is -2.28. The van der Waals surface area contributed by atoms with Crippen LogP contribution >= 0.6 is 11.3 Å². The Hall–Kier alpha value is -0.340. The van der Waals surface area contributed by atoms with Gasteiger partial charge in [0, 0.05) is 4.88 Å². The highest BCUT2D eigenvalue weighted by Crippen LogP contribution is 2.34. The van der Waals surface area contributed by atoms with E-state index in [1.165, 1.54) is 4.88 Å². The second-order valence-corrected chi connectivity index (χ2v) is 6.62. The van der Waals surface area contributed by atoms with Gasteiger partial charge in [-0.3, -0.25) is 0 Å². The van der Waals surface area contributed by atoms with E-state index in [1.54, 1.807) is 11.3 Å². The first-order chi connectivity index (χ1) is 6.80. The third-order valence-corrected chi connectivity index (χ3v) is 4.07. The number of rotatable bonds is 3. The lowest BCUT2D eigenvalue weighted by molar-refractivity contribution is 0.111. The van der Waals surface area contributed by atoms with Gasteiger partial charge in [0.1, 0.15) is 0 Å². The highest BCUT2D eigenvalue weighted by molar-refractivity contribution is 7.10. The summed E-state index contributed by atoms with van der Waals surface area (Å²) >= 11 is 1.71. The fourth-order valence-electron chi connectivity index (χ4n) is 1.46. The molecule has 86 valence electrons. The van der Waals surface area contributed by atoms with Gasteiger partial charge < -0.3 is 5.11 Å². The second-order valence-electron chi connectivity index (χ2n) is 5.51. The molecule has 0 aliphatic heterocycles. The average Bonchev–Trinajstić information content (AvgIpc) is 2.50. The van der Waals surface area contributed by atoms with Crippen LogP contribution in [-0.2, 0) is 0 Å². The van der Waals surface area contributed by atoms with Crippen molar-refractivity contribution in [3.63, 3.8) is 0 Å². The second kappa shape index (κ2) is 4.67. The van der Waals surface area contributed by atoms with Crippen molar-refractivity contribution in [3.8, 4) is 0 Å². The molecule has 2 heteroatoms. The molecular formula is C13H22OS. The zero-order chi connectivity index (χ0) is 11.6. The van der Waals surface area contributed by atoms with Crippen molar-refractivity contribution in [2.24, 2.45) is 11.3 Å². The van der Waals surface area contributed by atoms with Gasteiger partial charge in [-0.05, 0) is 41.7 Å². The molecule has 0 spiro atoms. The van der Waals surface area contributed by atoms with Crippen LogP contribution in [-0.4, -0.2) is 5.11 Å². The van der Waals surface area contributed by atoms with Crippen molar-refractivity contribution in [2.45, 2.75) is 47.1 Å². The van der Waals surface area contributed by atoms with Crippen molar-refractivity contribution in [2.75, 3.05) is 0 Å². The van der Waals surface area contributed by atoms with E-state index in [1.807, 2.05) is 0 Å². The summed E-state index contributed by atoms with van der Waals surface area (Å²) in [5.41, 5.74) is 1.35. The first kappa shape index (κ1) is 12.7. The molecule has 1 nitrogen and oxygen atoms in total. The van der Waals surface area contributed by atoms with Crippen molar-refractivity contribution in [1.82, 2.24) is 0 Å². The van der Waals surface area contributed by atoms with E-state index in [4.69, 9.17) is 0 Å². The van der Waals surface area contributed by atoms with E-state index < -0.39 is 0 Å². The predicted octanol–water partition coefficient (Wildman–Crippen LogP) is 4.16. The van der Waals surface area contributed by atoms with Gasteiger partial charge >= 0.3 is 0 Å². The average molecular weight is 226 g/mol. The van der Waals surface area contributed by atoms with Crippen molar-refractivity contribution in [3.05, 3.63) is 21.9 Å². The molecule has 0 aromatic carbocycles. The summed E-state index contributed by atoms with van der Waals surface area (Å²) in [6.07, 6.45) is 0.545. The molecule has 1 N–H and O–H groups in total. The van der Waals surface area contributed by atoms with Crippen molar-refractivity contribution >= 4 is 11.3 Å². The first-order valence-corrected chi connectivity index (χ1v) is 6.41. The van der Waals surface area contributed by atoms with Gasteiger partial charge in [-0.25, -0.2) is 0 Å². The van der Waals surface area contributed by atoms with E-state index >= 15 is 0 Å². The lowest BCUT2D eigenvalue weighted by Crippen LogP contribution is -2.19. The van der Waals surface area contributed by atoms with Crippen LogP contribution in [0.3, 0.4) is 0 Å². The minimum Gasteiger partial charge on any atom is -0.388 e. The molecule has 0 fully saturated rings. The minimum absolute atomic E-state index is 0.270. The summed E-state index contributed by atoms with van der Waals surface area (Å²) in [6.45, 7) is 11.0. The SMILES string of the molecule is Cc1cc(C(O)CC(C)C(C)(C)C)cs1. The summed E-state index contributed by atoms with van der Waals surface area (Å²) < 4.78 is 0. The standard InChI is InChI=1S/C13H22OS/c1-9(13(3,4)5)6-12(14)11-7-10(2)15-8-11/h7-9,12,14H,6H2,1-5H3. The van der Waals surface area contributed by atoms with Crippen LogP contribution in [0, 0.1) is 18.3 Å². The molecule has 0 radical (unpaired) electrons. The maximum atomic E-state index is 10.1. The number of hydrogen-bond donors (Lipinski definition) is 1. The number of aliphatic hydroxyl groups is 1. The molecule has 0 saturated heterocycles. The maximum absolute atomic E-state index is 10.1. The van der Waals surface area contributed by atoms with Crippen LogP contribution in [0.4, 0.5) is 0 Å². The van der Waals surface area contributed by atoms with Gasteiger partial charge in [-0.2, -0.15) is 0 Å². The summed E-state index contributed by atoms with van der Waals surface area (Å²) in [6, 6.07) is 2.09. The van der Waals surface area contributed by atoms with E-state index in [-0.39, 0.29) is 11.5 Å². The first-order valence-electron chi connectivity index (χ1n) is 5.54. The number of thiophene rings is 1. The molecule has 0 bridgehead atoms. The molecule has 0 amide bonds. The molecule has 1 rings (SSSR count). The Kier molecular flexibility index (Phi) is 3.96. The van der Waals surface area contributed by atoms with E-state index in [0.29, 0.717) is 5.92 Å². The Morgan fingerprint density at radius 3 is 2.40 bits per heavy atom. The van der Waals surface area contributed by atoms with Gasteiger partial charge in [-0.1, -0.05) is 27.7 Å². The summed E-state index contributed by atoms with van der Waals surface area (Å²) in [4.78, 5) is 1.27. The highest BCUT2D eigenvalue weighted by atomic mass is 32.1. The van der Waals surface area contributed by atoms with Crippen LogP contribution in [0.1, 0.15) is 50.7 Å². The van der Waals surface area contributed by atoms with Crippen LogP contribution in [0.5, 0.6) is 0 Å². The third-order valence-electron chi connectivity index (χ3n) is 3.19. The molecule has 1 aromatic rings. The fourth-order valence-corrected chi connectivity index (χ4v) is 2.21. The molecule has 0 saturated carbocycles. The molecule has 1 aromatic heterocycles. The van der Waals surface area contributed by atoms with Gasteiger partial charge in [-0.15, -0.1) is 11.3 Å². The van der Waals surface area contributed by atoms with E-state index in [9.17, 15) is 5.11 Å². The Balaban J connectivity index is 2.60. The monoisotopic (exact) mass is 226 g/mol. The Labute approximate surface area is 97.2 Å². The topological polar surface area (TPSA) is 20.2 Å². The fraction of sp³-hybridized carbons (Fsp3) is 0.692. The molecule has 1 heterocycles.